The fourth-order valence-corrected chi connectivity index (χ4v) is 2.11. The first kappa shape index (κ1) is 9.71. The molecule has 0 aliphatic carbocycles. The molecule has 0 fully saturated rings. The second kappa shape index (κ2) is 4.13. The fraction of sp³-hybridized carbons (Fsp3) is 0.364. The summed E-state index contributed by atoms with van der Waals surface area (Å²) in [7, 11) is 0. The molecule has 2 nitrogen and oxygen atoms in total. The molecular formula is C11H11BrO2. The summed E-state index contributed by atoms with van der Waals surface area (Å²) in [6.07, 6.45) is 3.45. The first-order chi connectivity index (χ1) is 6.79. The maximum absolute atomic E-state index is 10.2. The van der Waals surface area contributed by atoms with Crippen LogP contribution in [0.15, 0.2) is 22.7 Å². The number of carbonyl (C=O) groups excluding carboxylic acids is 1. The summed E-state index contributed by atoms with van der Waals surface area (Å²) in [5.74, 6) is 0.962. The third-order valence-electron chi connectivity index (χ3n) is 2.37. The molecule has 0 radical (unpaired) electrons. The average Bonchev–Trinajstić information content (AvgIpc) is 2.56. The lowest BCUT2D eigenvalue weighted by Crippen LogP contribution is -2.12. The Morgan fingerprint density at radius 2 is 2.43 bits per heavy atom. The highest BCUT2D eigenvalue weighted by atomic mass is 79.9. The minimum atomic E-state index is 0.185. The molecule has 74 valence electrons. The molecule has 0 bridgehead atoms. The van der Waals surface area contributed by atoms with E-state index in [1.54, 1.807) is 0 Å². The van der Waals surface area contributed by atoms with Gasteiger partial charge in [-0.2, -0.15) is 0 Å². The van der Waals surface area contributed by atoms with Crippen LogP contribution in [0.2, 0.25) is 0 Å². The van der Waals surface area contributed by atoms with E-state index in [0.717, 1.165) is 29.4 Å². The summed E-state index contributed by atoms with van der Waals surface area (Å²) >= 11 is 3.43. The van der Waals surface area contributed by atoms with Crippen molar-refractivity contribution < 1.29 is 9.53 Å². The van der Waals surface area contributed by atoms with Crippen LogP contribution in [0.1, 0.15) is 18.4 Å². The number of fused-ring (bicyclic) bond motifs is 1. The Balaban J connectivity index is 2.06. The van der Waals surface area contributed by atoms with Crippen LogP contribution < -0.4 is 4.74 Å². The van der Waals surface area contributed by atoms with Crippen LogP contribution in [0.25, 0.3) is 0 Å². The average molecular weight is 255 g/mol. The molecule has 2 rings (SSSR count). The third kappa shape index (κ3) is 1.98. The molecule has 1 aliphatic rings. The minimum Gasteiger partial charge on any atom is -0.490 e. The van der Waals surface area contributed by atoms with E-state index in [1.807, 2.05) is 12.1 Å². The lowest BCUT2D eigenvalue weighted by molar-refractivity contribution is -0.108. The molecule has 1 aromatic carbocycles. The van der Waals surface area contributed by atoms with Gasteiger partial charge in [0.25, 0.3) is 0 Å². The second-order valence-electron chi connectivity index (χ2n) is 3.44. The van der Waals surface area contributed by atoms with Crippen LogP contribution in [0.3, 0.4) is 0 Å². The van der Waals surface area contributed by atoms with Crippen LogP contribution in [0.4, 0.5) is 0 Å². The summed E-state index contributed by atoms with van der Waals surface area (Å²) in [6, 6.07) is 6.03. The number of rotatable bonds is 3. The Morgan fingerprint density at radius 3 is 3.21 bits per heavy atom. The van der Waals surface area contributed by atoms with Crippen LogP contribution in [0.5, 0.6) is 5.75 Å². The first-order valence-corrected chi connectivity index (χ1v) is 5.47. The van der Waals surface area contributed by atoms with E-state index in [2.05, 4.69) is 22.0 Å². The summed E-state index contributed by atoms with van der Waals surface area (Å²) < 4.78 is 6.76. The van der Waals surface area contributed by atoms with Crippen molar-refractivity contribution in [2.75, 3.05) is 0 Å². The molecule has 1 unspecified atom stereocenters. The van der Waals surface area contributed by atoms with E-state index in [4.69, 9.17) is 4.74 Å². The monoisotopic (exact) mass is 254 g/mol. The van der Waals surface area contributed by atoms with Crippen LogP contribution in [-0.2, 0) is 11.2 Å². The van der Waals surface area contributed by atoms with Gasteiger partial charge in [0.05, 0.1) is 0 Å². The van der Waals surface area contributed by atoms with Crippen LogP contribution >= 0.6 is 15.9 Å². The van der Waals surface area contributed by atoms with Gasteiger partial charge in [0.2, 0.25) is 0 Å². The zero-order valence-corrected chi connectivity index (χ0v) is 9.29. The van der Waals surface area contributed by atoms with E-state index in [-0.39, 0.29) is 6.10 Å². The van der Waals surface area contributed by atoms with Gasteiger partial charge in [-0.05, 0) is 30.2 Å². The molecule has 1 heterocycles. The standard InChI is InChI=1S/C11H11BrO2/c12-9-3-4-11-8(6-9)7-10(14-11)2-1-5-13/h3-6,10H,1-2,7H2. The van der Waals surface area contributed by atoms with Crippen molar-refractivity contribution in [3.8, 4) is 5.75 Å². The summed E-state index contributed by atoms with van der Waals surface area (Å²) in [4.78, 5) is 10.2. The van der Waals surface area contributed by atoms with E-state index >= 15 is 0 Å². The van der Waals surface area contributed by atoms with Crippen molar-refractivity contribution in [2.45, 2.75) is 25.4 Å². The topological polar surface area (TPSA) is 26.3 Å². The Hall–Kier alpha value is -0.830. The lowest BCUT2D eigenvalue weighted by Gasteiger charge is -2.07. The number of aldehydes is 1. The van der Waals surface area contributed by atoms with Gasteiger partial charge in [0, 0.05) is 17.3 Å². The van der Waals surface area contributed by atoms with Crippen molar-refractivity contribution in [1.29, 1.82) is 0 Å². The Morgan fingerprint density at radius 1 is 1.57 bits per heavy atom. The van der Waals surface area contributed by atoms with Crippen molar-refractivity contribution in [3.63, 3.8) is 0 Å². The smallest absolute Gasteiger partial charge is 0.123 e. The van der Waals surface area contributed by atoms with E-state index < -0.39 is 0 Å². The summed E-state index contributed by atoms with van der Waals surface area (Å²) in [6.45, 7) is 0. The lowest BCUT2D eigenvalue weighted by atomic mass is 10.1. The Bertz CT molecular complexity index is 349. The number of benzene rings is 1. The van der Waals surface area contributed by atoms with Crippen molar-refractivity contribution >= 4 is 22.2 Å². The van der Waals surface area contributed by atoms with Crippen molar-refractivity contribution in [3.05, 3.63) is 28.2 Å². The molecule has 0 saturated carbocycles. The largest absolute Gasteiger partial charge is 0.490 e. The minimum absolute atomic E-state index is 0.185. The third-order valence-corrected chi connectivity index (χ3v) is 2.86. The highest BCUT2D eigenvalue weighted by molar-refractivity contribution is 9.10. The van der Waals surface area contributed by atoms with Crippen molar-refractivity contribution in [1.82, 2.24) is 0 Å². The van der Waals surface area contributed by atoms with Gasteiger partial charge in [-0.15, -0.1) is 0 Å². The highest BCUT2D eigenvalue weighted by Crippen LogP contribution is 2.32. The number of hydrogen-bond acceptors (Lipinski definition) is 2. The van der Waals surface area contributed by atoms with E-state index in [1.165, 1.54) is 5.56 Å². The Labute approximate surface area is 91.4 Å². The molecule has 0 saturated heterocycles. The molecule has 1 aromatic rings. The van der Waals surface area contributed by atoms with Gasteiger partial charge in [-0.25, -0.2) is 0 Å². The number of hydrogen-bond donors (Lipinski definition) is 0. The van der Waals surface area contributed by atoms with Gasteiger partial charge < -0.3 is 9.53 Å². The van der Waals surface area contributed by atoms with Gasteiger partial charge in [0.15, 0.2) is 0 Å². The quantitative estimate of drug-likeness (QED) is 0.776. The number of halogens is 1. The SMILES string of the molecule is O=CCCC1Cc2cc(Br)ccc2O1. The zero-order chi connectivity index (χ0) is 9.97. The molecule has 14 heavy (non-hydrogen) atoms. The molecule has 1 aliphatic heterocycles. The molecule has 0 N–H and O–H groups in total. The van der Waals surface area contributed by atoms with Crippen LogP contribution in [0, 0.1) is 0 Å². The molecule has 1 atom stereocenters. The maximum Gasteiger partial charge on any atom is 0.123 e. The molecule has 0 aromatic heterocycles. The van der Waals surface area contributed by atoms with Gasteiger partial charge in [-0.3, -0.25) is 0 Å². The van der Waals surface area contributed by atoms with Crippen LogP contribution in [-0.4, -0.2) is 12.4 Å². The summed E-state index contributed by atoms with van der Waals surface area (Å²) in [5, 5.41) is 0. The maximum atomic E-state index is 10.2. The molecule has 0 amide bonds. The number of carbonyl (C=O) groups is 1. The normalized spacial score (nSPS) is 18.8. The Kier molecular flexibility index (Phi) is 2.87. The van der Waals surface area contributed by atoms with Gasteiger partial charge >= 0.3 is 0 Å². The summed E-state index contributed by atoms with van der Waals surface area (Å²) in [5.41, 5.74) is 1.23. The molecule has 3 heteroatoms. The fourth-order valence-electron chi connectivity index (χ4n) is 1.70. The predicted octanol–water partition coefficient (Wildman–Crippen LogP) is 2.73. The van der Waals surface area contributed by atoms with E-state index in [9.17, 15) is 4.79 Å². The predicted molar refractivity (Wildman–Crippen MR) is 57.6 cm³/mol. The van der Waals surface area contributed by atoms with Gasteiger partial charge in [0.1, 0.15) is 18.1 Å². The molecular weight excluding hydrogens is 244 g/mol. The van der Waals surface area contributed by atoms with E-state index in [0.29, 0.717) is 6.42 Å². The molecule has 0 spiro atoms. The number of ether oxygens (including phenoxy) is 1. The van der Waals surface area contributed by atoms with Gasteiger partial charge in [-0.1, -0.05) is 15.9 Å². The first-order valence-electron chi connectivity index (χ1n) is 4.68. The highest BCUT2D eigenvalue weighted by Gasteiger charge is 2.22. The second-order valence-corrected chi connectivity index (χ2v) is 4.36. The zero-order valence-electron chi connectivity index (χ0n) is 7.70. The van der Waals surface area contributed by atoms with Crippen molar-refractivity contribution in [2.24, 2.45) is 0 Å².